The normalized spacial score (nSPS) is 19.7. The zero-order chi connectivity index (χ0) is 15.6. The summed E-state index contributed by atoms with van der Waals surface area (Å²) in [6, 6.07) is 4.86. The first-order valence-electron chi connectivity index (χ1n) is 6.91. The topological polar surface area (TPSA) is 49.4 Å². The highest BCUT2D eigenvalue weighted by molar-refractivity contribution is 6.42. The summed E-state index contributed by atoms with van der Waals surface area (Å²) in [7, 11) is 0. The van der Waals surface area contributed by atoms with E-state index in [0.29, 0.717) is 29.6 Å². The molecule has 114 valence electrons. The summed E-state index contributed by atoms with van der Waals surface area (Å²) < 4.78 is 0. The smallest absolute Gasteiger partial charge is 0.245 e. The summed E-state index contributed by atoms with van der Waals surface area (Å²) in [5.74, 6) is -0.134. The average Bonchev–Trinajstić information content (AvgIpc) is 2.57. The molecule has 1 aliphatic rings. The van der Waals surface area contributed by atoms with Crippen LogP contribution in [0.15, 0.2) is 18.2 Å². The number of hydrogen-bond donors (Lipinski definition) is 1. The zero-order valence-corrected chi connectivity index (χ0v) is 13.5. The van der Waals surface area contributed by atoms with E-state index in [9.17, 15) is 9.59 Å². The van der Waals surface area contributed by atoms with E-state index >= 15 is 0 Å². The van der Waals surface area contributed by atoms with Crippen LogP contribution in [0.1, 0.15) is 25.8 Å². The van der Waals surface area contributed by atoms with Crippen LogP contribution in [0.3, 0.4) is 0 Å². The molecule has 1 aromatic rings. The molecule has 21 heavy (non-hydrogen) atoms. The second-order valence-corrected chi connectivity index (χ2v) is 6.30. The van der Waals surface area contributed by atoms with Crippen molar-refractivity contribution in [1.82, 2.24) is 10.2 Å². The van der Waals surface area contributed by atoms with Gasteiger partial charge in [0.05, 0.1) is 10.0 Å². The standard InChI is InChI=1S/C15H18Cl2N2O2/c1-9(2)14-15(21)19(7-6-12(20)18-14)8-10-4-3-5-11(16)13(10)17/h3-5,9,14H,6-8H2,1-2H3,(H,18,20). The Labute approximate surface area is 134 Å². The van der Waals surface area contributed by atoms with Crippen LogP contribution in [0.5, 0.6) is 0 Å². The predicted molar refractivity (Wildman–Crippen MR) is 83.3 cm³/mol. The molecule has 0 bridgehead atoms. The van der Waals surface area contributed by atoms with E-state index < -0.39 is 6.04 Å². The number of nitrogens with one attached hydrogen (secondary N) is 1. The number of amides is 2. The summed E-state index contributed by atoms with van der Waals surface area (Å²) in [6.45, 7) is 4.57. The highest BCUT2D eigenvalue weighted by Crippen LogP contribution is 2.27. The molecule has 6 heteroatoms. The molecule has 1 aromatic carbocycles. The van der Waals surface area contributed by atoms with Gasteiger partial charge < -0.3 is 10.2 Å². The van der Waals surface area contributed by atoms with Crippen LogP contribution < -0.4 is 5.32 Å². The Bertz CT molecular complexity index is 561. The molecule has 2 rings (SSSR count). The third kappa shape index (κ3) is 3.69. The Kier molecular flexibility index (Phi) is 5.12. The van der Waals surface area contributed by atoms with Crippen molar-refractivity contribution in [1.29, 1.82) is 0 Å². The zero-order valence-electron chi connectivity index (χ0n) is 12.0. The van der Waals surface area contributed by atoms with E-state index in [1.54, 1.807) is 17.0 Å². The number of hydrogen-bond acceptors (Lipinski definition) is 2. The van der Waals surface area contributed by atoms with E-state index in [1.165, 1.54) is 0 Å². The second kappa shape index (κ2) is 6.67. The Morgan fingerprint density at radius 2 is 2.05 bits per heavy atom. The summed E-state index contributed by atoms with van der Waals surface area (Å²) in [6.07, 6.45) is 0.299. The third-order valence-corrected chi connectivity index (χ3v) is 4.42. The van der Waals surface area contributed by atoms with E-state index in [2.05, 4.69) is 5.32 Å². The lowest BCUT2D eigenvalue weighted by Gasteiger charge is -2.26. The van der Waals surface area contributed by atoms with Crippen LogP contribution in [0, 0.1) is 5.92 Å². The molecule has 0 aromatic heterocycles. The average molecular weight is 329 g/mol. The SMILES string of the molecule is CC(C)C1NC(=O)CCN(Cc2cccc(Cl)c2Cl)C1=O. The summed E-state index contributed by atoms with van der Waals surface area (Å²) in [4.78, 5) is 26.0. The third-order valence-electron chi connectivity index (χ3n) is 3.56. The Balaban J connectivity index is 2.23. The summed E-state index contributed by atoms with van der Waals surface area (Å²) >= 11 is 12.2. The van der Waals surface area contributed by atoms with Crippen molar-refractivity contribution in [3.63, 3.8) is 0 Å². The molecule has 1 N–H and O–H groups in total. The van der Waals surface area contributed by atoms with Gasteiger partial charge in [-0.1, -0.05) is 49.2 Å². The minimum atomic E-state index is -0.488. The molecule has 0 spiro atoms. The number of halogens is 2. The van der Waals surface area contributed by atoms with Gasteiger partial charge in [-0.05, 0) is 17.5 Å². The molecular formula is C15H18Cl2N2O2. The molecule has 4 nitrogen and oxygen atoms in total. The van der Waals surface area contributed by atoms with Crippen LogP contribution in [0.25, 0.3) is 0 Å². The fourth-order valence-electron chi connectivity index (χ4n) is 2.34. The molecule has 0 saturated carbocycles. The van der Waals surface area contributed by atoms with Crippen LogP contribution in [0.4, 0.5) is 0 Å². The Hall–Kier alpha value is -1.26. The van der Waals surface area contributed by atoms with Crippen LogP contribution in [0.2, 0.25) is 10.0 Å². The van der Waals surface area contributed by atoms with Gasteiger partial charge >= 0.3 is 0 Å². The Morgan fingerprint density at radius 1 is 1.33 bits per heavy atom. The number of nitrogens with zero attached hydrogens (tertiary/aromatic N) is 1. The minimum absolute atomic E-state index is 0.0388. The van der Waals surface area contributed by atoms with Gasteiger partial charge in [0.2, 0.25) is 11.8 Å². The van der Waals surface area contributed by atoms with Gasteiger partial charge in [-0.25, -0.2) is 0 Å². The summed E-state index contributed by atoms with van der Waals surface area (Å²) in [5, 5.41) is 3.70. The molecule has 1 aliphatic heterocycles. The minimum Gasteiger partial charge on any atom is -0.344 e. The van der Waals surface area contributed by atoms with E-state index in [0.717, 1.165) is 5.56 Å². The highest BCUT2D eigenvalue weighted by Gasteiger charge is 2.32. The molecular weight excluding hydrogens is 311 g/mol. The second-order valence-electron chi connectivity index (χ2n) is 5.51. The van der Waals surface area contributed by atoms with Crippen molar-refractivity contribution in [2.24, 2.45) is 5.92 Å². The maximum Gasteiger partial charge on any atom is 0.245 e. The molecule has 1 unspecified atom stereocenters. The first-order chi connectivity index (χ1) is 9.90. The summed E-state index contributed by atoms with van der Waals surface area (Å²) in [5.41, 5.74) is 0.786. The van der Waals surface area contributed by atoms with Crippen molar-refractivity contribution < 1.29 is 9.59 Å². The maximum absolute atomic E-state index is 12.6. The van der Waals surface area contributed by atoms with Gasteiger partial charge in [0.25, 0.3) is 0 Å². The molecule has 2 amide bonds. The van der Waals surface area contributed by atoms with Gasteiger partial charge in [0, 0.05) is 19.5 Å². The predicted octanol–water partition coefficient (Wildman–Crippen LogP) is 2.87. The number of carbonyl (C=O) groups excluding carboxylic acids is 2. The molecule has 1 atom stereocenters. The largest absolute Gasteiger partial charge is 0.344 e. The lowest BCUT2D eigenvalue weighted by molar-refractivity contribution is -0.135. The van der Waals surface area contributed by atoms with Crippen molar-refractivity contribution >= 4 is 35.0 Å². The first kappa shape index (κ1) is 16.1. The molecule has 0 aliphatic carbocycles. The quantitative estimate of drug-likeness (QED) is 0.927. The van der Waals surface area contributed by atoms with Gasteiger partial charge in [-0.3, -0.25) is 9.59 Å². The fraction of sp³-hybridized carbons (Fsp3) is 0.467. The molecule has 1 fully saturated rings. The first-order valence-corrected chi connectivity index (χ1v) is 7.66. The van der Waals surface area contributed by atoms with E-state index in [-0.39, 0.29) is 17.7 Å². The fourth-order valence-corrected chi connectivity index (χ4v) is 2.72. The van der Waals surface area contributed by atoms with E-state index in [1.807, 2.05) is 19.9 Å². The van der Waals surface area contributed by atoms with Crippen molar-refractivity contribution in [3.05, 3.63) is 33.8 Å². The van der Waals surface area contributed by atoms with Crippen LogP contribution in [-0.4, -0.2) is 29.3 Å². The Morgan fingerprint density at radius 3 is 2.71 bits per heavy atom. The van der Waals surface area contributed by atoms with Gasteiger partial charge in [0.15, 0.2) is 0 Å². The lowest BCUT2D eigenvalue weighted by Crippen LogP contribution is -2.47. The number of benzene rings is 1. The van der Waals surface area contributed by atoms with Gasteiger partial charge in [-0.15, -0.1) is 0 Å². The monoisotopic (exact) mass is 328 g/mol. The van der Waals surface area contributed by atoms with Crippen molar-refractivity contribution in [2.45, 2.75) is 32.9 Å². The van der Waals surface area contributed by atoms with Crippen LogP contribution in [-0.2, 0) is 16.1 Å². The van der Waals surface area contributed by atoms with Crippen LogP contribution >= 0.6 is 23.2 Å². The lowest BCUT2D eigenvalue weighted by atomic mass is 10.0. The van der Waals surface area contributed by atoms with E-state index in [4.69, 9.17) is 23.2 Å². The van der Waals surface area contributed by atoms with Crippen molar-refractivity contribution in [3.8, 4) is 0 Å². The number of rotatable bonds is 3. The van der Waals surface area contributed by atoms with Gasteiger partial charge in [-0.2, -0.15) is 0 Å². The van der Waals surface area contributed by atoms with Crippen molar-refractivity contribution in [2.75, 3.05) is 6.54 Å². The molecule has 0 radical (unpaired) electrons. The van der Waals surface area contributed by atoms with Gasteiger partial charge in [0.1, 0.15) is 6.04 Å². The highest BCUT2D eigenvalue weighted by atomic mass is 35.5. The molecule has 1 heterocycles. The molecule has 1 saturated heterocycles. The number of carbonyl (C=O) groups is 2. The maximum atomic E-state index is 12.6.